The average molecular weight is 486 g/mol. The highest BCUT2D eigenvalue weighted by Crippen LogP contribution is 2.36. The van der Waals surface area contributed by atoms with E-state index in [1.807, 2.05) is 24.3 Å². The maximum absolute atomic E-state index is 14.9. The van der Waals surface area contributed by atoms with Gasteiger partial charge in [-0.05, 0) is 59.0 Å². The van der Waals surface area contributed by atoms with Crippen LogP contribution in [0.25, 0.3) is 22.3 Å². The van der Waals surface area contributed by atoms with Crippen molar-refractivity contribution in [2.75, 3.05) is 0 Å². The number of alkyl halides is 2. The van der Waals surface area contributed by atoms with Crippen LogP contribution in [0.3, 0.4) is 0 Å². The maximum atomic E-state index is 14.9. The number of benzene rings is 4. The summed E-state index contributed by atoms with van der Waals surface area (Å²) in [7, 11) is 0. The molecule has 0 spiro atoms. The van der Waals surface area contributed by atoms with Crippen molar-refractivity contribution in [1.82, 2.24) is 0 Å². The highest BCUT2D eigenvalue weighted by Gasteiger charge is 2.38. The quantitative estimate of drug-likeness (QED) is 0.238. The lowest BCUT2D eigenvalue weighted by Gasteiger charge is -2.19. The van der Waals surface area contributed by atoms with Gasteiger partial charge in [-0.25, -0.2) is 17.6 Å². The molecule has 4 aromatic carbocycles. The largest absolute Gasteiger partial charge is 0.429 e. The van der Waals surface area contributed by atoms with Crippen LogP contribution in [0.4, 0.5) is 26.3 Å². The third kappa shape index (κ3) is 5.34. The van der Waals surface area contributed by atoms with E-state index in [-0.39, 0.29) is 11.1 Å². The standard InChI is InChI=1S/C28H20F6O/c1-2-3-17-4-6-18(7-5-17)19-8-11-22(25(30)14-19)20-9-12-23(26(31)15-20)28(33,34)35-21-10-13-24(29)27(32)16-21/h4-16H,2-3H2,1H3. The zero-order valence-corrected chi connectivity index (χ0v) is 18.6. The Labute approximate surface area is 198 Å². The van der Waals surface area contributed by atoms with Crippen LogP contribution in [0.2, 0.25) is 0 Å². The van der Waals surface area contributed by atoms with Crippen molar-refractivity contribution in [3.8, 4) is 28.0 Å². The summed E-state index contributed by atoms with van der Waals surface area (Å²) in [5, 5.41) is 0. The molecule has 0 amide bonds. The molecule has 0 unspecified atom stereocenters. The number of hydrogen-bond acceptors (Lipinski definition) is 1. The number of halogens is 6. The van der Waals surface area contributed by atoms with Gasteiger partial charge in [0.25, 0.3) is 0 Å². The minimum atomic E-state index is -4.18. The summed E-state index contributed by atoms with van der Waals surface area (Å²) < 4.78 is 89.3. The van der Waals surface area contributed by atoms with E-state index in [9.17, 15) is 26.3 Å². The number of rotatable bonds is 7. The predicted octanol–water partition coefficient (Wildman–Crippen LogP) is 8.66. The molecule has 35 heavy (non-hydrogen) atoms. The normalized spacial score (nSPS) is 11.5. The first-order chi connectivity index (χ1) is 16.7. The van der Waals surface area contributed by atoms with Gasteiger partial charge in [0.15, 0.2) is 11.6 Å². The second-order valence-corrected chi connectivity index (χ2v) is 8.03. The number of hydrogen-bond donors (Lipinski definition) is 0. The molecule has 4 aromatic rings. The van der Waals surface area contributed by atoms with Crippen LogP contribution in [0.1, 0.15) is 24.5 Å². The van der Waals surface area contributed by atoms with Crippen molar-refractivity contribution in [3.05, 3.63) is 113 Å². The molecule has 4 rings (SSSR count). The Kier molecular flexibility index (Phi) is 6.87. The summed E-state index contributed by atoms with van der Waals surface area (Å²) in [6.45, 7) is 2.08. The van der Waals surface area contributed by atoms with Gasteiger partial charge in [0.1, 0.15) is 17.4 Å². The monoisotopic (exact) mass is 486 g/mol. The molecule has 0 aromatic heterocycles. The van der Waals surface area contributed by atoms with Gasteiger partial charge in [-0.2, -0.15) is 8.78 Å². The minimum Gasteiger partial charge on any atom is -0.429 e. The molecule has 180 valence electrons. The molecule has 0 atom stereocenters. The van der Waals surface area contributed by atoms with Gasteiger partial charge < -0.3 is 4.74 Å². The Hall–Kier alpha value is -3.74. The first-order valence-electron chi connectivity index (χ1n) is 10.9. The summed E-state index contributed by atoms with van der Waals surface area (Å²) in [4.78, 5) is 0. The van der Waals surface area contributed by atoms with E-state index in [0.717, 1.165) is 42.7 Å². The molecule has 0 bridgehead atoms. The third-order valence-electron chi connectivity index (χ3n) is 5.53. The highest BCUT2D eigenvalue weighted by atomic mass is 19.3. The fraction of sp³-hybridized carbons (Fsp3) is 0.143. The summed E-state index contributed by atoms with van der Waals surface area (Å²) in [5.41, 5.74) is 1.57. The maximum Gasteiger partial charge on any atom is 0.429 e. The van der Waals surface area contributed by atoms with Gasteiger partial charge in [0.2, 0.25) is 0 Å². The summed E-state index contributed by atoms with van der Waals surface area (Å²) in [5.74, 6) is -5.29. The van der Waals surface area contributed by atoms with Crippen molar-refractivity contribution in [2.24, 2.45) is 0 Å². The lowest BCUT2D eigenvalue weighted by molar-refractivity contribution is -0.187. The van der Waals surface area contributed by atoms with Crippen molar-refractivity contribution in [1.29, 1.82) is 0 Å². The predicted molar refractivity (Wildman–Crippen MR) is 122 cm³/mol. The summed E-state index contributed by atoms with van der Waals surface area (Å²) in [6, 6.07) is 16.7. The lowest BCUT2D eigenvalue weighted by Crippen LogP contribution is -2.23. The highest BCUT2D eigenvalue weighted by molar-refractivity contribution is 5.71. The van der Waals surface area contributed by atoms with Gasteiger partial charge in [-0.3, -0.25) is 0 Å². The zero-order valence-electron chi connectivity index (χ0n) is 18.6. The van der Waals surface area contributed by atoms with Gasteiger partial charge in [0, 0.05) is 11.6 Å². The fourth-order valence-electron chi connectivity index (χ4n) is 3.74. The molecular weight excluding hydrogens is 466 g/mol. The van der Waals surface area contributed by atoms with E-state index in [2.05, 4.69) is 11.7 Å². The molecule has 0 heterocycles. The van der Waals surface area contributed by atoms with Crippen LogP contribution in [0.15, 0.2) is 78.9 Å². The minimum absolute atomic E-state index is 0.0339. The van der Waals surface area contributed by atoms with Crippen LogP contribution >= 0.6 is 0 Å². The topological polar surface area (TPSA) is 9.23 Å². The molecule has 7 heteroatoms. The first kappa shape index (κ1) is 24.4. The number of aryl methyl sites for hydroxylation is 1. The van der Waals surface area contributed by atoms with Crippen LogP contribution < -0.4 is 4.74 Å². The Balaban J connectivity index is 1.58. The van der Waals surface area contributed by atoms with Gasteiger partial charge in [0.05, 0.1) is 5.56 Å². The Morgan fingerprint density at radius 1 is 0.629 bits per heavy atom. The average Bonchev–Trinajstić information content (AvgIpc) is 2.81. The molecule has 0 radical (unpaired) electrons. The van der Waals surface area contributed by atoms with Crippen molar-refractivity contribution in [3.63, 3.8) is 0 Å². The van der Waals surface area contributed by atoms with Crippen molar-refractivity contribution < 1.29 is 31.1 Å². The Morgan fingerprint density at radius 2 is 1.29 bits per heavy atom. The van der Waals surface area contributed by atoms with E-state index in [0.29, 0.717) is 17.7 Å². The molecule has 0 aliphatic rings. The first-order valence-corrected chi connectivity index (χ1v) is 10.9. The molecule has 0 saturated heterocycles. The molecule has 0 saturated carbocycles. The second kappa shape index (κ2) is 9.86. The van der Waals surface area contributed by atoms with Crippen LogP contribution in [-0.2, 0) is 12.5 Å². The van der Waals surface area contributed by atoms with E-state index in [1.165, 1.54) is 17.7 Å². The third-order valence-corrected chi connectivity index (χ3v) is 5.53. The lowest BCUT2D eigenvalue weighted by atomic mass is 9.97. The second-order valence-electron chi connectivity index (χ2n) is 8.03. The van der Waals surface area contributed by atoms with Crippen LogP contribution in [-0.4, -0.2) is 0 Å². The molecular formula is C28H20F6O. The van der Waals surface area contributed by atoms with E-state index in [4.69, 9.17) is 0 Å². The van der Waals surface area contributed by atoms with Crippen molar-refractivity contribution in [2.45, 2.75) is 25.9 Å². The molecule has 0 N–H and O–H groups in total. The van der Waals surface area contributed by atoms with Crippen molar-refractivity contribution >= 4 is 0 Å². The SMILES string of the molecule is CCCc1ccc(-c2ccc(-c3ccc(C(F)(F)Oc4ccc(F)c(F)c4)c(F)c3)c(F)c2)cc1. The van der Waals surface area contributed by atoms with Gasteiger partial charge >= 0.3 is 6.11 Å². The number of ether oxygens (including phenoxy) is 1. The van der Waals surface area contributed by atoms with E-state index >= 15 is 0 Å². The smallest absolute Gasteiger partial charge is 0.429 e. The zero-order chi connectivity index (χ0) is 25.2. The van der Waals surface area contributed by atoms with E-state index < -0.39 is 40.7 Å². The Bertz CT molecular complexity index is 1350. The molecule has 0 fully saturated rings. The van der Waals surface area contributed by atoms with Gasteiger partial charge in [-0.1, -0.05) is 55.8 Å². The van der Waals surface area contributed by atoms with E-state index in [1.54, 1.807) is 6.07 Å². The van der Waals surface area contributed by atoms with Gasteiger partial charge in [-0.15, -0.1) is 0 Å². The molecule has 0 aliphatic heterocycles. The summed E-state index contributed by atoms with van der Waals surface area (Å²) in [6.07, 6.45) is -2.22. The van der Waals surface area contributed by atoms with Crippen LogP contribution in [0.5, 0.6) is 5.75 Å². The van der Waals surface area contributed by atoms with Crippen LogP contribution in [0, 0.1) is 23.3 Å². The molecule has 0 aliphatic carbocycles. The fourth-order valence-corrected chi connectivity index (χ4v) is 3.74. The Morgan fingerprint density at radius 3 is 1.91 bits per heavy atom. The summed E-state index contributed by atoms with van der Waals surface area (Å²) >= 11 is 0. The molecule has 1 nitrogen and oxygen atoms in total.